The van der Waals surface area contributed by atoms with Crippen molar-refractivity contribution in [3.8, 4) is 11.8 Å². The molecule has 0 amide bonds. The Morgan fingerprint density at radius 2 is 1.80 bits per heavy atom. The smallest absolute Gasteiger partial charge is 0.314 e. The zero-order chi connectivity index (χ0) is 18.2. The van der Waals surface area contributed by atoms with Crippen LogP contribution in [0.2, 0.25) is 0 Å². The van der Waals surface area contributed by atoms with E-state index in [1.54, 1.807) is 48.5 Å². The molecule has 0 saturated heterocycles. The van der Waals surface area contributed by atoms with Crippen LogP contribution in [0.5, 0.6) is 5.75 Å². The van der Waals surface area contributed by atoms with E-state index < -0.39 is 5.82 Å². The number of rotatable bonds is 6. The van der Waals surface area contributed by atoms with Crippen molar-refractivity contribution in [3.63, 3.8) is 0 Å². The molecule has 3 nitrogen and oxygen atoms in total. The van der Waals surface area contributed by atoms with Crippen LogP contribution in [0.3, 0.4) is 0 Å². The van der Waals surface area contributed by atoms with E-state index in [0.29, 0.717) is 5.75 Å². The number of halogens is 1. The van der Waals surface area contributed by atoms with Gasteiger partial charge in [0.05, 0.1) is 17.6 Å². The number of carbonyl (C=O) groups is 1. The summed E-state index contributed by atoms with van der Waals surface area (Å²) in [5, 5.41) is 9.30. The van der Waals surface area contributed by atoms with Gasteiger partial charge in [-0.25, -0.2) is 4.39 Å². The summed E-state index contributed by atoms with van der Waals surface area (Å²) in [6.45, 7) is 3.91. The second kappa shape index (κ2) is 8.79. The van der Waals surface area contributed by atoms with Crippen molar-refractivity contribution in [1.82, 2.24) is 0 Å². The second-order valence-corrected chi connectivity index (χ2v) is 5.65. The van der Waals surface area contributed by atoms with Crippen molar-refractivity contribution in [2.24, 2.45) is 5.92 Å². The summed E-state index contributed by atoms with van der Waals surface area (Å²) < 4.78 is 19.2. The number of carbonyl (C=O) groups excluding carboxylic acids is 1. The Morgan fingerprint density at radius 3 is 2.36 bits per heavy atom. The average Bonchev–Trinajstić information content (AvgIpc) is 2.63. The molecule has 2 aromatic carbocycles. The molecule has 0 radical (unpaired) electrons. The van der Waals surface area contributed by atoms with Gasteiger partial charge >= 0.3 is 5.97 Å². The highest BCUT2D eigenvalue weighted by Crippen LogP contribution is 2.22. The lowest BCUT2D eigenvalue weighted by molar-refractivity contribution is -0.139. The Labute approximate surface area is 147 Å². The summed E-state index contributed by atoms with van der Waals surface area (Å²) in [6, 6.07) is 15.0. The van der Waals surface area contributed by atoms with Crippen LogP contribution in [0.25, 0.3) is 11.6 Å². The highest BCUT2D eigenvalue weighted by Gasteiger charge is 2.16. The van der Waals surface area contributed by atoms with Crippen molar-refractivity contribution in [3.05, 3.63) is 65.5 Å². The van der Waals surface area contributed by atoms with E-state index in [0.717, 1.165) is 18.4 Å². The van der Waals surface area contributed by atoms with Crippen LogP contribution in [-0.4, -0.2) is 5.97 Å². The fourth-order valence-electron chi connectivity index (χ4n) is 2.47. The predicted octanol–water partition coefficient (Wildman–Crippen LogP) is 5.23. The van der Waals surface area contributed by atoms with Crippen LogP contribution in [0.4, 0.5) is 4.39 Å². The molecule has 4 heteroatoms. The third-order valence-electron chi connectivity index (χ3n) is 4.01. The molecule has 0 unspecified atom stereocenters. The van der Waals surface area contributed by atoms with Crippen LogP contribution >= 0.6 is 0 Å². The molecule has 2 rings (SSSR count). The molecular weight excluding hydrogens is 317 g/mol. The van der Waals surface area contributed by atoms with Crippen LogP contribution in [0.15, 0.2) is 48.5 Å². The topological polar surface area (TPSA) is 50.1 Å². The minimum Gasteiger partial charge on any atom is -0.426 e. The fourth-order valence-corrected chi connectivity index (χ4v) is 2.47. The summed E-state index contributed by atoms with van der Waals surface area (Å²) in [5.74, 6) is -0.326. The number of hydrogen-bond acceptors (Lipinski definition) is 3. The summed E-state index contributed by atoms with van der Waals surface area (Å²) >= 11 is 0. The predicted molar refractivity (Wildman–Crippen MR) is 96.0 cm³/mol. The monoisotopic (exact) mass is 337 g/mol. The maximum absolute atomic E-state index is 13.8. The molecule has 0 fully saturated rings. The summed E-state index contributed by atoms with van der Waals surface area (Å²) in [5.41, 5.74) is 1.22. The Balaban J connectivity index is 2.18. The standard InChI is InChI=1S/C21H20FNO2/c1-3-16(4-2)21(24)25-18-11-9-15(10-12-18)13-17(14-23)19-7-5-6-8-20(19)22/h5-13,16H,3-4H2,1-2H3/b17-13-. The molecule has 0 aliphatic heterocycles. The van der Waals surface area contributed by atoms with Gasteiger partial charge in [-0.2, -0.15) is 5.26 Å². The maximum Gasteiger partial charge on any atom is 0.314 e. The lowest BCUT2D eigenvalue weighted by Crippen LogP contribution is -2.19. The van der Waals surface area contributed by atoms with Crippen molar-refractivity contribution >= 4 is 17.6 Å². The fraction of sp³-hybridized carbons (Fsp3) is 0.238. The first kappa shape index (κ1) is 18.4. The number of ether oxygens (including phenoxy) is 1. The van der Waals surface area contributed by atoms with E-state index in [1.165, 1.54) is 6.07 Å². The summed E-state index contributed by atoms with van der Waals surface area (Å²) in [6.07, 6.45) is 3.08. The lowest BCUT2D eigenvalue weighted by atomic mass is 10.0. The summed E-state index contributed by atoms with van der Waals surface area (Å²) in [4.78, 5) is 12.0. The molecular formula is C21H20FNO2. The van der Waals surface area contributed by atoms with Crippen LogP contribution < -0.4 is 4.74 Å². The Kier molecular flexibility index (Phi) is 6.47. The Morgan fingerprint density at radius 1 is 1.16 bits per heavy atom. The molecule has 0 heterocycles. The second-order valence-electron chi connectivity index (χ2n) is 5.65. The van der Waals surface area contributed by atoms with Gasteiger partial charge in [-0.15, -0.1) is 0 Å². The maximum atomic E-state index is 13.8. The zero-order valence-corrected chi connectivity index (χ0v) is 14.3. The van der Waals surface area contributed by atoms with Crippen molar-refractivity contribution in [2.75, 3.05) is 0 Å². The third kappa shape index (κ3) is 4.77. The van der Waals surface area contributed by atoms with Crippen molar-refractivity contribution in [1.29, 1.82) is 5.26 Å². The van der Waals surface area contributed by atoms with Gasteiger partial charge < -0.3 is 4.74 Å². The van der Waals surface area contributed by atoms with E-state index >= 15 is 0 Å². The van der Waals surface area contributed by atoms with E-state index in [4.69, 9.17) is 4.74 Å². The van der Waals surface area contributed by atoms with Gasteiger partial charge in [0.15, 0.2) is 0 Å². The minimum absolute atomic E-state index is 0.106. The largest absolute Gasteiger partial charge is 0.426 e. The summed E-state index contributed by atoms with van der Waals surface area (Å²) in [7, 11) is 0. The molecule has 2 aromatic rings. The molecule has 128 valence electrons. The van der Waals surface area contributed by atoms with Gasteiger partial charge in [0.1, 0.15) is 11.6 Å². The molecule has 0 spiro atoms. The first-order chi connectivity index (χ1) is 12.1. The zero-order valence-electron chi connectivity index (χ0n) is 14.3. The molecule has 0 aliphatic rings. The normalized spacial score (nSPS) is 11.2. The number of allylic oxidation sites excluding steroid dienone is 1. The number of benzene rings is 2. The number of nitrogens with zero attached hydrogens (tertiary/aromatic N) is 1. The first-order valence-electron chi connectivity index (χ1n) is 8.27. The molecule has 0 bridgehead atoms. The molecule has 0 atom stereocenters. The Bertz CT molecular complexity index is 799. The lowest BCUT2D eigenvalue weighted by Gasteiger charge is -2.11. The number of esters is 1. The number of hydrogen-bond donors (Lipinski definition) is 0. The van der Waals surface area contributed by atoms with E-state index in [9.17, 15) is 14.4 Å². The number of nitriles is 1. The average molecular weight is 337 g/mol. The molecule has 25 heavy (non-hydrogen) atoms. The molecule has 0 N–H and O–H groups in total. The van der Waals surface area contributed by atoms with E-state index in [1.807, 2.05) is 19.9 Å². The van der Waals surface area contributed by atoms with E-state index in [2.05, 4.69) is 0 Å². The van der Waals surface area contributed by atoms with Gasteiger partial charge in [0.25, 0.3) is 0 Å². The van der Waals surface area contributed by atoms with Crippen molar-refractivity contribution < 1.29 is 13.9 Å². The Hall–Kier alpha value is -2.93. The van der Waals surface area contributed by atoms with Crippen LogP contribution in [-0.2, 0) is 4.79 Å². The molecule has 0 saturated carbocycles. The van der Waals surface area contributed by atoms with Gasteiger partial charge in [-0.1, -0.05) is 44.2 Å². The van der Waals surface area contributed by atoms with Gasteiger partial charge in [-0.3, -0.25) is 4.79 Å². The highest BCUT2D eigenvalue weighted by atomic mass is 19.1. The third-order valence-corrected chi connectivity index (χ3v) is 4.01. The van der Waals surface area contributed by atoms with Crippen LogP contribution in [0, 0.1) is 23.1 Å². The molecule has 0 aliphatic carbocycles. The van der Waals surface area contributed by atoms with Gasteiger partial charge in [0, 0.05) is 5.56 Å². The quantitative estimate of drug-likeness (QED) is 0.314. The van der Waals surface area contributed by atoms with Gasteiger partial charge in [-0.05, 0) is 42.7 Å². The highest BCUT2D eigenvalue weighted by molar-refractivity contribution is 5.89. The van der Waals surface area contributed by atoms with Gasteiger partial charge in [0.2, 0.25) is 0 Å². The SMILES string of the molecule is CCC(CC)C(=O)Oc1ccc(/C=C(/C#N)c2ccccc2F)cc1. The minimum atomic E-state index is -0.439. The van der Waals surface area contributed by atoms with E-state index in [-0.39, 0.29) is 23.0 Å². The van der Waals surface area contributed by atoms with Crippen LogP contribution in [0.1, 0.15) is 37.8 Å². The molecule has 0 aromatic heterocycles. The van der Waals surface area contributed by atoms with Crippen molar-refractivity contribution in [2.45, 2.75) is 26.7 Å². The first-order valence-corrected chi connectivity index (χ1v) is 8.27.